The molecule has 0 atom stereocenters. The van der Waals surface area contributed by atoms with Crippen LogP contribution in [0.1, 0.15) is 33.3 Å². The van der Waals surface area contributed by atoms with Gasteiger partial charge in [0.05, 0.1) is 5.60 Å². The predicted molar refractivity (Wildman–Crippen MR) is 66.9 cm³/mol. The van der Waals surface area contributed by atoms with Crippen LogP contribution in [-0.2, 0) is 4.74 Å². The SMILES string of the molecule is C=C(OC(C)(C)C(C)(C)O)c1ccc(F)cc1. The Balaban J connectivity index is 2.83. The summed E-state index contributed by atoms with van der Waals surface area (Å²) in [5.41, 5.74) is -1.09. The van der Waals surface area contributed by atoms with Gasteiger partial charge in [0.1, 0.15) is 17.2 Å². The molecule has 94 valence electrons. The zero-order valence-corrected chi connectivity index (χ0v) is 10.7. The van der Waals surface area contributed by atoms with Crippen molar-refractivity contribution in [3.8, 4) is 0 Å². The minimum atomic E-state index is -1.00. The largest absolute Gasteiger partial charge is 0.485 e. The van der Waals surface area contributed by atoms with Gasteiger partial charge in [0.2, 0.25) is 0 Å². The molecule has 0 unspecified atom stereocenters. The van der Waals surface area contributed by atoms with Gasteiger partial charge in [0, 0.05) is 5.56 Å². The Bertz CT molecular complexity index is 399. The molecule has 2 nitrogen and oxygen atoms in total. The molecule has 0 saturated carbocycles. The van der Waals surface area contributed by atoms with E-state index in [4.69, 9.17) is 4.74 Å². The van der Waals surface area contributed by atoms with Gasteiger partial charge in [-0.05, 0) is 52.0 Å². The second-order valence-corrected chi connectivity index (χ2v) is 5.10. The van der Waals surface area contributed by atoms with Crippen molar-refractivity contribution in [2.75, 3.05) is 0 Å². The summed E-state index contributed by atoms with van der Waals surface area (Å²) in [6.45, 7) is 10.7. The zero-order valence-electron chi connectivity index (χ0n) is 10.7. The average molecular weight is 238 g/mol. The van der Waals surface area contributed by atoms with Crippen molar-refractivity contribution in [2.45, 2.75) is 38.9 Å². The van der Waals surface area contributed by atoms with E-state index in [0.717, 1.165) is 0 Å². The van der Waals surface area contributed by atoms with E-state index >= 15 is 0 Å². The highest BCUT2D eigenvalue weighted by Gasteiger charge is 2.37. The van der Waals surface area contributed by atoms with E-state index in [1.54, 1.807) is 39.8 Å². The van der Waals surface area contributed by atoms with Gasteiger partial charge in [0.15, 0.2) is 0 Å². The third-order valence-corrected chi connectivity index (χ3v) is 3.02. The molecule has 1 rings (SSSR count). The quantitative estimate of drug-likeness (QED) is 0.815. The molecule has 0 fully saturated rings. The monoisotopic (exact) mass is 238 g/mol. The first-order valence-corrected chi connectivity index (χ1v) is 5.50. The summed E-state index contributed by atoms with van der Waals surface area (Å²) in [6, 6.07) is 5.89. The fourth-order valence-electron chi connectivity index (χ4n) is 1.13. The summed E-state index contributed by atoms with van der Waals surface area (Å²) in [5.74, 6) is 0.112. The molecule has 0 aliphatic heterocycles. The van der Waals surface area contributed by atoms with Gasteiger partial charge in [-0.1, -0.05) is 6.58 Å². The molecule has 1 aromatic rings. The van der Waals surface area contributed by atoms with Crippen LogP contribution in [0, 0.1) is 5.82 Å². The maximum Gasteiger partial charge on any atom is 0.131 e. The van der Waals surface area contributed by atoms with Gasteiger partial charge in [-0.2, -0.15) is 0 Å². The third-order valence-electron chi connectivity index (χ3n) is 3.02. The van der Waals surface area contributed by atoms with Crippen LogP contribution in [0.25, 0.3) is 5.76 Å². The first-order chi connectivity index (χ1) is 7.63. The maximum absolute atomic E-state index is 12.8. The maximum atomic E-state index is 12.8. The Labute approximate surface area is 102 Å². The number of aliphatic hydroxyl groups is 1. The lowest BCUT2D eigenvalue weighted by Gasteiger charge is -2.38. The van der Waals surface area contributed by atoms with Crippen molar-refractivity contribution in [1.29, 1.82) is 0 Å². The van der Waals surface area contributed by atoms with Gasteiger partial charge in [-0.25, -0.2) is 4.39 Å². The van der Waals surface area contributed by atoms with E-state index in [-0.39, 0.29) is 5.82 Å². The molecule has 0 bridgehead atoms. The molecule has 0 heterocycles. The molecule has 3 heteroatoms. The molecular formula is C14H19FO2. The summed E-state index contributed by atoms with van der Waals surface area (Å²) >= 11 is 0. The number of hydrogen-bond acceptors (Lipinski definition) is 2. The highest BCUT2D eigenvalue weighted by Crippen LogP contribution is 2.30. The Morgan fingerprint density at radius 1 is 1.18 bits per heavy atom. The summed E-state index contributed by atoms with van der Waals surface area (Å²) in [6.07, 6.45) is 0. The molecule has 1 N–H and O–H groups in total. The lowest BCUT2D eigenvalue weighted by Crippen LogP contribution is -2.46. The Hall–Kier alpha value is -1.35. The minimum absolute atomic E-state index is 0.303. The molecule has 0 amide bonds. The number of rotatable bonds is 4. The van der Waals surface area contributed by atoms with E-state index < -0.39 is 11.2 Å². The normalized spacial score (nSPS) is 12.4. The predicted octanol–water partition coefficient (Wildman–Crippen LogP) is 3.36. The van der Waals surface area contributed by atoms with Crippen LogP contribution in [0.3, 0.4) is 0 Å². The first kappa shape index (κ1) is 13.7. The van der Waals surface area contributed by atoms with E-state index in [9.17, 15) is 9.50 Å². The summed E-state index contributed by atoms with van der Waals surface area (Å²) in [7, 11) is 0. The van der Waals surface area contributed by atoms with Crippen molar-refractivity contribution in [3.05, 3.63) is 42.2 Å². The highest BCUT2D eigenvalue weighted by molar-refractivity contribution is 5.57. The van der Waals surface area contributed by atoms with Crippen LogP contribution in [0.15, 0.2) is 30.8 Å². The average Bonchev–Trinajstić information content (AvgIpc) is 2.16. The van der Waals surface area contributed by atoms with Crippen molar-refractivity contribution < 1.29 is 14.2 Å². The minimum Gasteiger partial charge on any atom is -0.485 e. The van der Waals surface area contributed by atoms with Gasteiger partial charge in [0.25, 0.3) is 0 Å². The van der Waals surface area contributed by atoms with Crippen molar-refractivity contribution >= 4 is 5.76 Å². The van der Waals surface area contributed by atoms with Crippen LogP contribution in [-0.4, -0.2) is 16.3 Å². The third kappa shape index (κ3) is 3.30. The Kier molecular flexibility index (Phi) is 3.62. The Morgan fingerprint density at radius 2 is 1.65 bits per heavy atom. The number of halogens is 1. The van der Waals surface area contributed by atoms with Crippen molar-refractivity contribution in [1.82, 2.24) is 0 Å². The molecule has 0 saturated heterocycles. The standard InChI is InChI=1S/C14H19FO2/c1-10(11-6-8-12(15)9-7-11)17-14(4,5)13(2,3)16/h6-9,16H,1H2,2-5H3. The lowest BCUT2D eigenvalue weighted by atomic mass is 9.89. The number of hydrogen-bond donors (Lipinski definition) is 1. The second kappa shape index (κ2) is 4.49. The van der Waals surface area contributed by atoms with E-state index in [0.29, 0.717) is 11.3 Å². The summed E-state index contributed by atoms with van der Waals surface area (Å²) in [5, 5.41) is 9.96. The fourth-order valence-corrected chi connectivity index (χ4v) is 1.13. The molecular weight excluding hydrogens is 219 g/mol. The summed E-state index contributed by atoms with van der Waals surface area (Å²) in [4.78, 5) is 0. The van der Waals surface area contributed by atoms with Gasteiger partial charge in [-0.3, -0.25) is 0 Å². The smallest absolute Gasteiger partial charge is 0.131 e. The number of benzene rings is 1. The van der Waals surface area contributed by atoms with E-state index in [1.807, 2.05) is 0 Å². The molecule has 1 aromatic carbocycles. The molecule has 0 aliphatic carbocycles. The van der Waals surface area contributed by atoms with Crippen LogP contribution < -0.4 is 0 Å². The van der Waals surface area contributed by atoms with E-state index in [2.05, 4.69) is 6.58 Å². The Morgan fingerprint density at radius 3 is 2.06 bits per heavy atom. The molecule has 0 aromatic heterocycles. The molecule has 0 spiro atoms. The molecule has 0 radical (unpaired) electrons. The second-order valence-electron chi connectivity index (χ2n) is 5.10. The van der Waals surface area contributed by atoms with Crippen LogP contribution in [0.4, 0.5) is 4.39 Å². The van der Waals surface area contributed by atoms with Crippen LogP contribution >= 0.6 is 0 Å². The summed E-state index contributed by atoms with van der Waals surface area (Å²) < 4.78 is 18.4. The van der Waals surface area contributed by atoms with E-state index in [1.165, 1.54) is 12.1 Å². The van der Waals surface area contributed by atoms with Gasteiger partial charge >= 0.3 is 0 Å². The van der Waals surface area contributed by atoms with Crippen molar-refractivity contribution in [3.63, 3.8) is 0 Å². The molecule has 17 heavy (non-hydrogen) atoms. The topological polar surface area (TPSA) is 29.5 Å². The lowest BCUT2D eigenvalue weighted by molar-refractivity contribution is -0.105. The zero-order chi connectivity index (χ0) is 13.3. The van der Waals surface area contributed by atoms with Gasteiger partial charge in [-0.15, -0.1) is 0 Å². The fraction of sp³-hybridized carbons (Fsp3) is 0.429. The highest BCUT2D eigenvalue weighted by atomic mass is 19.1. The molecule has 0 aliphatic rings. The number of ether oxygens (including phenoxy) is 1. The van der Waals surface area contributed by atoms with Crippen LogP contribution in [0.2, 0.25) is 0 Å². The van der Waals surface area contributed by atoms with Crippen LogP contribution in [0.5, 0.6) is 0 Å². The first-order valence-electron chi connectivity index (χ1n) is 5.50. The van der Waals surface area contributed by atoms with Gasteiger partial charge < -0.3 is 9.84 Å². The van der Waals surface area contributed by atoms with Crippen molar-refractivity contribution in [2.24, 2.45) is 0 Å².